The largest absolute Gasteiger partial charge is 0.391 e. The molecular formula is C18H25N5O. The van der Waals surface area contributed by atoms with E-state index in [0.717, 1.165) is 28.7 Å². The van der Waals surface area contributed by atoms with Crippen LogP contribution in [-0.4, -0.2) is 35.4 Å². The third-order valence-corrected chi connectivity index (χ3v) is 4.29. The van der Waals surface area contributed by atoms with Crippen molar-refractivity contribution in [1.29, 1.82) is 0 Å². The standard InChI is InChI=1S/C18H25N5O/c1-5-14(24)11-23-17(20-18(21-23)12(2)3)10-15-13(4)19-16-8-6-7-9-22(15)16/h6-9,12,14,24H,5,10-11H2,1-4H3. The monoisotopic (exact) mass is 327 g/mol. The first-order valence-electron chi connectivity index (χ1n) is 8.53. The van der Waals surface area contributed by atoms with Gasteiger partial charge in [0.05, 0.1) is 30.5 Å². The second-order valence-corrected chi connectivity index (χ2v) is 6.53. The average molecular weight is 327 g/mol. The molecule has 6 nitrogen and oxygen atoms in total. The molecule has 128 valence electrons. The van der Waals surface area contributed by atoms with Crippen LogP contribution in [0.2, 0.25) is 0 Å². The summed E-state index contributed by atoms with van der Waals surface area (Å²) < 4.78 is 3.95. The van der Waals surface area contributed by atoms with Crippen LogP contribution < -0.4 is 0 Å². The lowest BCUT2D eigenvalue weighted by molar-refractivity contribution is 0.143. The zero-order valence-corrected chi connectivity index (χ0v) is 14.8. The van der Waals surface area contributed by atoms with Gasteiger partial charge in [0.25, 0.3) is 0 Å². The van der Waals surface area contributed by atoms with E-state index in [4.69, 9.17) is 4.98 Å². The number of aliphatic hydroxyl groups is 1. The molecule has 0 aliphatic carbocycles. The Morgan fingerprint density at radius 3 is 2.71 bits per heavy atom. The van der Waals surface area contributed by atoms with Crippen LogP contribution in [0.15, 0.2) is 24.4 Å². The van der Waals surface area contributed by atoms with E-state index in [-0.39, 0.29) is 5.92 Å². The van der Waals surface area contributed by atoms with E-state index >= 15 is 0 Å². The van der Waals surface area contributed by atoms with Crippen molar-refractivity contribution in [3.05, 3.63) is 47.4 Å². The first kappa shape index (κ1) is 16.6. The molecule has 0 spiro atoms. The van der Waals surface area contributed by atoms with Crippen molar-refractivity contribution in [3.8, 4) is 0 Å². The first-order valence-corrected chi connectivity index (χ1v) is 8.53. The molecule has 24 heavy (non-hydrogen) atoms. The van der Waals surface area contributed by atoms with Gasteiger partial charge in [-0.3, -0.25) is 0 Å². The summed E-state index contributed by atoms with van der Waals surface area (Å²) in [6.07, 6.45) is 2.96. The molecule has 0 aliphatic heterocycles. The Kier molecular flexibility index (Phi) is 4.66. The third-order valence-electron chi connectivity index (χ3n) is 4.29. The van der Waals surface area contributed by atoms with E-state index in [0.29, 0.717) is 19.4 Å². The molecule has 0 aromatic carbocycles. The molecule has 0 bridgehead atoms. The number of hydrogen-bond donors (Lipinski definition) is 1. The Morgan fingerprint density at radius 2 is 2.00 bits per heavy atom. The highest BCUT2D eigenvalue weighted by Crippen LogP contribution is 2.18. The first-order chi connectivity index (χ1) is 11.5. The average Bonchev–Trinajstić information content (AvgIpc) is 3.09. The molecule has 3 heterocycles. The van der Waals surface area contributed by atoms with Crippen molar-refractivity contribution >= 4 is 5.65 Å². The van der Waals surface area contributed by atoms with Crippen LogP contribution in [0.25, 0.3) is 5.65 Å². The quantitative estimate of drug-likeness (QED) is 0.756. The molecule has 0 radical (unpaired) electrons. The van der Waals surface area contributed by atoms with E-state index in [2.05, 4.69) is 28.3 Å². The minimum atomic E-state index is -0.409. The molecule has 0 saturated carbocycles. The molecule has 1 atom stereocenters. The van der Waals surface area contributed by atoms with Gasteiger partial charge in [0.1, 0.15) is 11.5 Å². The summed E-state index contributed by atoms with van der Waals surface area (Å²) in [6, 6.07) is 5.99. The minimum Gasteiger partial charge on any atom is -0.391 e. The van der Waals surface area contributed by atoms with Crippen LogP contribution in [0.5, 0.6) is 0 Å². The van der Waals surface area contributed by atoms with Gasteiger partial charge in [0.2, 0.25) is 0 Å². The van der Waals surface area contributed by atoms with Crippen molar-refractivity contribution in [1.82, 2.24) is 24.1 Å². The van der Waals surface area contributed by atoms with Gasteiger partial charge in [0, 0.05) is 12.1 Å². The predicted octanol–water partition coefficient (Wildman–Crippen LogP) is 2.72. The molecule has 0 saturated heterocycles. The molecule has 0 fully saturated rings. The Bertz CT molecular complexity index is 833. The summed E-state index contributed by atoms with van der Waals surface area (Å²) in [4.78, 5) is 9.33. The second-order valence-electron chi connectivity index (χ2n) is 6.53. The molecule has 1 unspecified atom stereocenters. The lowest BCUT2D eigenvalue weighted by Gasteiger charge is -2.10. The zero-order valence-electron chi connectivity index (χ0n) is 14.8. The van der Waals surface area contributed by atoms with Crippen molar-refractivity contribution < 1.29 is 5.11 Å². The normalized spacial score (nSPS) is 13.1. The number of aliphatic hydroxyl groups excluding tert-OH is 1. The molecular weight excluding hydrogens is 302 g/mol. The van der Waals surface area contributed by atoms with Crippen molar-refractivity contribution in [3.63, 3.8) is 0 Å². The fraction of sp³-hybridized carbons (Fsp3) is 0.500. The number of aryl methyl sites for hydroxylation is 1. The van der Waals surface area contributed by atoms with Gasteiger partial charge in [-0.25, -0.2) is 14.6 Å². The SMILES string of the molecule is CCC(O)Cn1nc(C(C)C)nc1Cc1c(C)nc2ccccn12. The number of hydrogen-bond acceptors (Lipinski definition) is 4. The summed E-state index contributed by atoms with van der Waals surface area (Å²) in [5.41, 5.74) is 3.05. The molecule has 3 aromatic rings. The minimum absolute atomic E-state index is 0.257. The Balaban J connectivity index is 2.00. The fourth-order valence-corrected chi connectivity index (χ4v) is 2.77. The number of imidazole rings is 1. The van der Waals surface area contributed by atoms with E-state index in [1.54, 1.807) is 0 Å². The van der Waals surface area contributed by atoms with Crippen molar-refractivity contribution in [2.24, 2.45) is 0 Å². The van der Waals surface area contributed by atoms with E-state index < -0.39 is 6.10 Å². The van der Waals surface area contributed by atoms with E-state index in [9.17, 15) is 5.11 Å². The molecule has 3 rings (SSSR count). The van der Waals surface area contributed by atoms with Crippen molar-refractivity contribution in [2.45, 2.75) is 59.1 Å². The predicted molar refractivity (Wildman–Crippen MR) is 93.1 cm³/mol. The fourth-order valence-electron chi connectivity index (χ4n) is 2.77. The van der Waals surface area contributed by atoms with E-state index in [1.165, 1.54) is 0 Å². The number of pyridine rings is 1. The second kappa shape index (κ2) is 6.73. The van der Waals surface area contributed by atoms with Crippen LogP contribution in [0, 0.1) is 6.92 Å². The molecule has 0 aliphatic rings. The Morgan fingerprint density at radius 1 is 1.21 bits per heavy atom. The summed E-state index contributed by atoms with van der Waals surface area (Å²) in [5, 5.41) is 14.6. The smallest absolute Gasteiger partial charge is 0.153 e. The summed E-state index contributed by atoms with van der Waals surface area (Å²) in [5.74, 6) is 1.95. The number of fused-ring (bicyclic) bond motifs is 1. The van der Waals surface area contributed by atoms with Gasteiger partial charge in [-0.05, 0) is 25.5 Å². The summed E-state index contributed by atoms with van der Waals surface area (Å²) in [7, 11) is 0. The maximum Gasteiger partial charge on any atom is 0.153 e. The summed E-state index contributed by atoms with van der Waals surface area (Å²) in [6.45, 7) is 8.63. The van der Waals surface area contributed by atoms with Gasteiger partial charge < -0.3 is 9.51 Å². The lowest BCUT2D eigenvalue weighted by atomic mass is 10.2. The van der Waals surface area contributed by atoms with Crippen LogP contribution in [0.3, 0.4) is 0 Å². The lowest BCUT2D eigenvalue weighted by Crippen LogP contribution is -2.18. The Labute approximate surface area is 142 Å². The molecule has 0 amide bonds. The number of nitrogens with zero attached hydrogens (tertiary/aromatic N) is 5. The van der Waals surface area contributed by atoms with Gasteiger partial charge >= 0.3 is 0 Å². The van der Waals surface area contributed by atoms with Crippen LogP contribution in [0.4, 0.5) is 0 Å². The van der Waals surface area contributed by atoms with E-state index in [1.807, 2.05) is 42.9 Å². The number of aromatic nitrogens is 5. The number of rotatable bonds is 6. The van der Waals surface area contributed by atoms with Crippen LogP contribution in [0.1, 0.15) is 56.1 Å². The van der Waals surface area contributed by atoms with Gasteiger partial charge in [0.15, 0.2) is 5.82 Å². The highest BCUT2D eigenvalue weighted by molar-refractivity contribution is 5.43. The topological polar surface area (TPSA) is 68.2 Å². The zero-order chi connectivity index (χ0) is 17.3. The molecule has 3 aromatic heterocycles. The van der Waals surface area contributed by atoms with Gasteiger partial charge in [-0.1, -0.05) is 26.8 Å². The van der Waals surface area contributed by atoms with Gasteiger partial charge in [-0.2, -0.15) is 5.10 Å². The Hall–Kier alpha value is -2.21. The van der Waals surface area contributed by atoms with Crippen LogP contribution in [-0.2, 0) is 13.0 Å². The highest BCUT2D eigenvalue weighted by Gasteiger charge is 2.18. The van der Waals surface area contributed by atoms with Gasteiger partial charge in [-0.15, -0.1) is 0 Å². The third kappa shape index (κ3) is 3.19. The van der Waals surface area contributed by atoms with Crippen molar-refractivity contribution in [2.75, 3.05) is 0 Å². The maximum absolute atomic E-state index is 10.0. The summed E-state index contributed by atoms with van der Waals surface area (Å²) >= 11 is 0. The maximum atomic E-state index is 10.0. The van der Waals surface area contributed by atoms with Crippen LogP contribution >= 0.6 is 0 Å². The highest BCUT2D eigenvalue weighted by atomic mass is 16.3. The molecule has 1 N–H and O–H groups in total. The molecule has 6 heteroatoms.